The van der Waals surface area contributed by atoms with Gasteiger partial charge in [-0.25, -0.2) is 4.68 Å². The third-order valence-electron chi connectivity index (χ3n) is 4.97. The highest BCUT2D eigenvalue weighted by Crippen LogP contribution is 2.44. The molecule has 0 atom stereocenters. The minimum absolute atomic E-state index is 0.353. The fraction of sp³-hybridized carbons (Fsp3) is 0.261. The second kappa shape index (κ2) is 9.10. The zero-order valence-electron chi connectivity index (χ0n) is 16.9. The van der Waals surface area contributed by atoms with Crippen molar-refractivity contribution >= 4 is 40.9 Å². The normalized spacial score (nSPS) is 14.5. The highest BCUT2D eigenvalue weighted by Gasteiger charge is 2.25. The number of carbonyl (C=O) groups excluding carboxylic acids is 2. The van der Waals surface area contributed by atoms with Crippen molar-refractivity contribution in [3.8, 4) is 5.69 Å². The molecule has 0 radical (unpaired) electrons. The summed E-state index contributed by atoms with van der Waals surface area (Å²) in [6, 6.07) is 17.4. The van der Waals surface area contributed by atoms with Gasteiger partial charge < -0.3 is 5.32 Å². The summed E-state index contributed by atoms with van der Waals surface area (Å²) in [5, 5.41) is 7.26. The Labute approximate surface area is 184 Å². The Morgan fingerprint density at radius 2 is 1.77 bits per heavy atom. The number of para-hydroxylation sites is 1. The Morgan fingerprint density at radius 1 is 1.03 bits per heavy atom. The first-order valence-corrected chi connectivity index (χ1v) is 11.9. The van der Waals surface area contributed by atoms with Crippen LogP contribution in [-0.2, 0) is 4.79 Å². The number of Topliss-reactive ketones (excluding diaryl/α,β-unsaturated/α-hetero) is 1. The van der Waals surface area contributed by atoms with E-state index in [2.05, 4.69) is 16.5 Å². The monoisotopic (exact) mass is 437 g/mol. The summed E-state index contributed by atoms with van der Waals surface area (Å²) in [6.07, 6.45) is 1.23. The fourth-order valence-electron chi connectivity index (χ4n) is 3.54. The number of amides is 1. The van der Waals surface area contributed by atoms with Crippen LogP contribution in [0.4, 0.5) is 5.69 Å². The maximum Gasteiger partial charge on any atom is 0.296 e. The van der Waals surface area contributed by atoms with Crippen molar-refractivity contribution in [1.82, 2.24) is 9.78 Å². The van der Waals surface area contributed by atoms with E-state index in [0.717, 1.165) is 17.2 Å². The van der Waals surface area contributed by atoms with Crippen LogP contribution in [0.25, 0.3) is 5.69 Å². The molecule has 0 unspecified atom stereocenters. The van der Waals surface area contributed by atoms with Gasteiger partial charge in [-0.05, 0) is 61.6 Å². The van der Waals surface area contributed by atoms with Crippen LogP contribution >= 0.6 is 23.5 Å². The van der Waals surface area contributed by atoms with Gasteiger partial charge in [0.15, 0.2) is 0 Å². The quantitative estimate of drug-likeness (QED) is 0.440. The molecule has 2 aromatic carbocycles. The van der Waals surface area contributed by atoms with E-state index < -0.39 is 11.7 Å². The van der Waals surface area contributed by atoms with E-state index >= 15 is 0 Å². The van der Waals surface area contributed by atoms with Gasteiger partial charge in [0.05, 0.1) is 27.2 Å². The average Bonchev–Trinajstić information content (AvgIpc) is 3.08. The smallest absolute Gasteiger partial charge is 0.296 e. The number of nitrogens with one attached hydrogen (secondary N) is 1. The number of hydrogen-bond donors (Lipinski definition) is 1. The van der Waals surface area contributed by atoms with E-state index in [1.54, 1.807) is 11.6 Å². The zero-order chi connectivity index (χ0) is 21.1. The highest BCUT2D eigenvalue weighted by atomic mass is 32.2. The lowest BCUT2D eigenvalue weighted by Crippen LogP contribution is -2.24. The molecule has 4 rings (SSSR count). The molecule has 2 heterocycles. The predicted octanol–water partition coefficient (Wildman–Crippen LogP) is 5.18. The molecule has 154 valence electrons. The molecule has 1 aliphatic rings. The molecule has 1 N–H and O–H groups in total. The van der Waals surface area contributed by atoms with E-state index in [1.807, 2.05) is 79.0 Å². The topological polar surface area (TPSA) is 64.0 Å². The molecule has 0 aliphatic carbocycles. The standard InChI is InChI=1S/C23H23N3O2S2/c1-15-20(16(2)26(25-15)19-10-4-3-5-11-19)21(27)22(28)24-18-9-6-8-17(14-18)23-29-12-7-13-30-23/h3-6,8-11,14,23H,7,12-13H2,1-2H3,(H,24,28). The molecule has 5 nitrogen and oxygen atoms in total. The van der Waals surface area contributed by atoms with Gasteiger partial charge in [0.25, 0.3) is 11.7 Å². The maximum absolute atomic E-state index is 12.9. The SMILES string of the molecule is Cc1nn(-c2ccccc2)c(C)c1C(=O)C(=O)Nc1cccc(C2SCCCS2)c1. The molecule has 7 heteroatoms. The summed E-state index contributed by atoms with van der Waals surface area (Å²) in [7, 11) is 0. The molecule has 30 heavy (non-hydrogen) atoms. The molecule has 1 amide bonds. The van der Waals surface area contributed by atoms with Crippen molar-refractivity contribution in [1.29, 1.82) is 0 Å². The van der Waals surface area contributed by atoms with Gasteiger partial charge in [0.2, 0.25) is 0 Å². The van der Waals surface area contributed by atoms with Crippen LogP contribution < -0.4 is 5.32 Å². The minimum atomic E-state index is -0.644. The molecule has 1 aromatic heterocycles. The van der Waals surface area contributed by atoms with E-state index in [4.69, 9.17) is 0 Å². The number of nitrogens with zero attached hydrogens (tertiary/aromatic N) is 2. The number of aromatic nitrogens is 2. The first-order chi connectivity index (χ1) is 14.5. The van der Waals surface area contributed by atoms with Gasteiger partial charge in [-0.3, -0.25) is 9.59 Å². The fourth-order valence-corrected chi connectivity index (χ4v) is 6.41. The molecule has 1 aliphatic heterocycles. The average molecular weight is 438 g/mol. The second-order valence-corrected chi connectivity index (χ2v) is 9.85. The lowest BCUT2D eigenvalue weighted by atomic mass is 10.1. The van der Waals surface area contributed by atoms with Gasteiger partial charge in [-0.2, -0.15) is 5.10 Å². The van der Waals surface area contributed by atoms with Crippen LogP contribution in [0.2, 0.25) is 0 Å². The van der Waals surface area contributed by atoms with E-state index in [-0.39, 0.29) is 0 Å². The van der Waals surface area contributed by atoms with Crippen LogP contribution in [-0.4, -0.2) is 33.0 Å². The van der Waals surface area contributed by atoms with E-state index in [9.17, 15) is 9.59 Å². The Hall–Kier alpha value is -2.51. The summed E-state index contributed by atoms with van der Waals surface area (Å²) in [5.74, 6) is 1.09. The maximum atomic E-state index is 12.9. The van der Waals surface area contributed by atoms with Crippen LogP contribution in [0.15, 0.2) is 54.6 Å². The number of rotatable bonds is 5. The molecule has 0 spiro atoms. The lowest BCUT2D eigenvalue weighted by molar-refractivity contribution is -0.112. The molecule has 1 saturated heterocycles. The van der Waals surface area contributed by atoms with Gasteiger partial charge in [0.1, 0.15) is 0 Å². The summed E-state index contributed by atoms with van der Waals surface area (Å²) >= 11 is 3.85. The molecule has 3 aromatic rings. The zero-order valence-corrected chi connectivity index (χ0v) is 18.6. The third kappa shape index (κ3) is 4.32. The number of benzene rings is 2. The molecular weight excluding hydrogens is 414 g/mol. The summed E-state index contributed by atoms with van der Waals surface area (Å²) in [5.41, 5.74) is 4.21. The van der Waals surface area contributed by atoms with Crippen molar-refractivity contribution in [3.05, 3.63) is 77.1 Å². The van der Waals surface area contributed by atoms with Crippen molar-refractivity contribution in [2.24, 2.45) is 0 Å². The van der Waals surface area contributed by atoms with Crippen molar-refractivity contribution in [2.75, 3.05) is 16.8 Å². The lowest BCUT2D eigenvalue weighted by Gasteiger charge is -2.21. The van der Waals surface area contributed by atoms with E-state index in [1.165, 1.54) is 12.0 Å². The van der Waals surface area contributed by atoms with Crippen LogP contribution in [0.3, 0.4) is 0 Å². The third-order valence-corrected chi connectivity index (χ3v) is 7.98. The van der Waals surface area contributed by atoms with Gasteiger partial charge in [-0.1, -0.05) is 30.3 Å². The summed E-state index contributed by atoms with van der Waals surface area (Å²) in [4.78, 5) is 25.7. The van der Waals surface area contributed by atoms with Crippen molar-refractivity contribution in [2.45, 2.75) is 24.9 Å². The number of hydrogen-bond acceptors (Lipinski definition) is 5. The van der Waals surface area contributed by atoms with Gasteiger partial charge in [-0.15, -0.1) is 23.5 Å². The molecule has 0 saturated carbocycles. The molecule has 0 bridgehead atoms. The Bertz CT molecular complexity index is 1070. The van der Waals surface area contributed by atoms with Crippen LogP contribution in [0.5, 0.6) is 0 Å². The van der Waals surface area contributed by atoms with E-state index in [0.29, 0.717) is 27.2 Å². The Morgan fingerprint density at radius 3 is 2.50 bits per heavy atom. The number of aryl methyl sites for hydroxylation is 1. The van der Waals surface area contributed by atoms with Gasteiger partial charge >= 0.3 is 0 Å². The largest absolute Gasteiger partial charge is 0.319 e. The van der Waals surface area contributed by atoms with Crippen LogP contribution in [0.1, 0.15) is 38.3 Å². The number of thioether (sulfide) groups is 2. The Balaban J connectivity index is 1.54. The second-order valence-electron chi connectivity index (χ2n) is 7.13. The predicted molar refractivity (Wildman–Crippen MR) is 125 cm³/mol. The first kappa shape index (κ1) is 20.8. The summed E-state index contributed by atoms with van der Waals surface area (Å²) < 4.78 is 2.08. The minimum Gasteiger partial charge on any atom is -0.319 e. The van der Waals surface area contributed by atoms with Gasteiger partial charge in [0, 0.05) is 5.69 Å². The summed E-state index contributed by atoms with van der Waals surface area (Å²) in [6.45, 7) is 3.57. The van der Waals surface area contributed by atoms with Crippen molar-refractivity contribution < 1.29 is 9.59 Å². The first-order valence-electron chi connectivity index (χ1n) is 9.85. The highest BCUT2D eigenvalue weighted by molar-refractivity contribution is 8.16. The molecule has 1 fully saturated rings. The number of ketones is 1. The Kier molecular flexibility index (Phi) is 6.29. The van der Waals surface area contributed by atoms with Crippen molar-refractivity contribution in [3.63, 3.8) is 0 Å². The number of carbonyl (C=O) groups is 2. The number of anilines is 1. The van der Waals surface area contributed by atoms with Crippen LogP contribution in [0, 0.1) is 13.8 Å². The molecular formula is C23H23N3O2S2.